The molecule has 15 heavy (non-hydrogen) atoms. The standard InChI is InChI=1S/C11H20N2O2/c12-9(6-7-10(13)14)11(15)8-4-2-1-3-5-8/h8-9H,1-7,12H2,(H2,13,14)/t9-/m1/s1. The van der Waals surface area contributed by atoms with E-state index in [1.165, 1.54) is 6.42 Å². The summed E-state index contributed by atoms with van der Waals surface area (Å²) in [7, 11) is 0. The molecule has 0 radical (unpaired) electrons. The minimum atomic E-state index is -0.499. The van der Waals surface area contributed by atoms with Gasteiger partial charge in [-0.1, -0.05) is 19.3 Å². The van der Waals surface area contributed by atoms with Crippen LogP contribution in [0.3, 0.4) is 0 Å². The van der Waals surface area contributed by atoms with Crippen molar-refractivity contribution in [1.29, 1.82) is 0 Å². The van der Waals surface area contributed by atoms with Crippen LogP contribution in [0, 0.1) is 5.92 Å². The van der Waals surface area contributed by atoms with Crippen molar-refractivity contribution >= 4 is 11.7 Å². The summed E-state index contributed by atoms with van der Waals surface area (Å²) in [6.45, 7) is 0. The second-order valence-electron chi connectivity index (χ2n) is 4.35. The molecule has 0 spiro atoms. The van der Waals surface area contributed by atoms with Gasteiger partial charge in [-0.2, -0.15) is 0 Å². The first-order valence-corrected chi connectivity index (χ1v) is 5.69. The maximum absolute atomic E-state index is 11.8. The van der Waals surface area contributed by atoms with Crippen molar-refractivity contribution in [3.05, 3.63) is 0 Å². The minimum Gasteiger partial charge on any atom is -0.370 e. The molecule has 0 aromatic rings. The topological polar surface area (TPSA) is 86.2 Å². The summed E-state index contributed by atoms with van der Waals surface area (Å²) < 4.78 is 0. The zero-order valence-electron chi connectivity index (χ0n) is 9.08. The Labute approximate surface area is 90.4 Å². The summed E-state index contributed by atoms with van der Waals surface area (Å²) in [6, 6.07) is -0.499. The van der Waals surface area contributed by atoms with Gasteiger partial charge in [-0.15, -0.1) is 0 Å². The summed E-state index contributed by atoms with van der Waals surface area (Å²) in [5.74, 6) is -0.139. The van der Waals surface area contributed by atoms with Crippen LogP contribution in [0.25, 0.3) is 0 Å². The monoisotopic (exact) mass is 212 g/mol. The number of nitrogens with two attached hydrogens (primary N) is 2. The third kappa shape index (κ3) is 4.00. The first-order chi connectivity index (χ1) is 7.11. The lowest BCUT2D eigenvalue weighted by molar-refractivity contribution is -0.125. The lowest BCUT2D eigenvalue weighted by Crippen LogP contribution is -2.37. The molecule has 1 saturated carbocycles. The highest BCUT2D eigenvalue weighted by molar-refractivity contribution is 5.86. The number of carbonyl (C=O) groups is 2. The Hall–Kier alpha value is -0.900. The number of hydrogen-bond acceptors (Lipinski definition) is 3. The van der Waals surface area contributed by atoms with Gasteiger partial charge in [0.2, 0.25) is 5.91 Å². The predicted molar refractivity (Wildman–Crippen MR) is 58.0 cm³/mol. The van der Waals surface area contributed by atoms with E-state index < -0.39 is 6.04 Å². The van der Waals surface area contributed by atoms with Crippen molar-refractivity contribution in [3.63, 3.8) is 0 Å². The molecule has 0 unspecified atom stereocenters. The van der Waals surface area contributed by atoms with E-state index in [1.807, 2.05) is 0 Å². The molecule has 0 saturated heterocycles. The second-order valence-corrected chi connectivity index (χ2v) is 4.35. The van der Waals surface area contributed by atoms with Gasteiger partial charge in [0.1, 0.15) is 0 Å². The van der Waals surface area contributed by atoms with Gasteiger partial charge in [-0.25, -0.2) is 0 Å². The molecule has 1 aliphatic rings. The van der Waals surface area contributed by atoms with Crippen LogP contribution in [0.5, 0.6) is 0 Å². The summed E-state index contributed by atoms with van der Waals surface area (Å²) in [5, 5.41) is 0. The molecule has 1 aliphatic carbocycles. The van der Waals surface area contributed by atoms with Gasteiger partial charge in [0.25, 0.3) is 0 Å². The molecular weight excluding hydrogens is 192 g/mol. The first-order valence-electron chi connectivity index (χ1n) is 5.69. The lowest BCUT2D eigenvalue weighted by atomic mass is 9.83. The van der Waals surface area contributed by atoms with Crippen LogP contribution < -0.4 is 11.5 Å². The molecule has 4 N–H and O–H groups in total. The zero-order chi connectivity index (χ0) is 11.3. The van der Waals surface area contributed by atoms with Gasteiger partial charge in [0, 0.05) is 12.3 Å². The Morgan fingerprint density at radius 2 is 1.80 bits per heavy atom. The highest BCUT2D eigenvalue weighted by atomic mass is 16.1. The van der Waals surface area contributed by atoms with Gasteiger partial charge in [-0.3, -0.25) is 9.59 Å². The Morgan fingerprint density at radius 3 is 2.33 bits per heavy atom. The van der Waals surface area contributed by atoms with Crippen LogP contribution in [-0.2, 0) is 9.59 Å². The highest BCUT2D eigenvalue weighted by Crippen LogP contribution is 2.25. The summed E-state index contributed by atoms with van der Waals surface area (Å²) in [5.41, 5.74) is 10.8. The van der Waals surface area contributed by atoms with Gasteiger partial charge < -0.3 is 11.5 Å². The Kier molecular flexibility index (Phi) is 4.75. The van der Waals surface area contributed by atoms with E-state index in [0.717, 1.165) is 25.7 Å². The van der Waals surface area contributed by atoms with Crippen molar-refractivity contribution in [2.45, 2.75) is 51.0 Å². The van der Waals surface area contributed by atoms with Gasteiger partial charge in [-0.05, 0) is 19.3 Å². The maximum atomic E-state index is 11.8. The van der Waals surface area contributed by atoms with E-state index in [1.54, 1.807) is 0 Å². The van der Waals surface area contributed by atoms with Gasteiger partial charge in [0.05, 0.1) is 6.04 Å². The van der Waals surface area contributed by atoms with Crippen LogP contribution in [0.15, 0.2) is 0 Å². The number of ketones is 1. The number of carbonyl (C=O) groups excluding carboxylic acids is 2. The normalized spacial score (nSPS) is 19.8. The highest BCUT2D eigenvalue weighted by Gasteiger charge is 2.25. The number of primary amides is 1. The largest absolute Gasteiger partial charge is 0.370 e. The molecule has 0 aromatic carbocycles. The van der Waals surface area contributed by atoms with Crippen molar-refractivity contribution in [2.24, 2.45) is 17.4 Å². The van der Waals surface area contributed by atoms with Crippen molar-refractivity contribution < 1.29 is 9.59 Å². The number of rotatable bonds is 5. The number of amides is 1. The van der Waals surface area contributed by atoms with E-state index in [-0.39, 0.29) is 24.0 Å². The maximum Gasteiger partial charge on any atom is 0.217 e. The molecular formula is C11H20N2O2. The molecule has 86 valence electrons. The fourth-order valence-corrected chi connectivity index (χ4v) is 2.13. The van der Waals surface area contributed by atoms with E-state index in [4.69, 9.17) is 11.5 Å². The molecule has 1 fully saturated rings. The first kappa shape index (κ1) is 12.2. The molecule has 0 heterocycles. The Balaban J connectivity index is 2.33. The van der Waals surface area contributed by atoms with Crippen LogP contribution >= 0.6 is 0 Å². The summed E-state index contributed by atoms with van der Waals surface area (Å²) >= 11 is 0. The van der Waals surface area contributed by atoms with E-state index in [0.29, 0.717) is 6.42 Å². The summed E-state index contributed by atoms with van der Waals surface area (Å²) in [6.07, 6.45) is 5.99. The molecule has 1 atom stereocenters. The van der Waals surface area contributed by atoms with Crippen molar-refractivity contribution in [3.8, 4) is 0 Å². The predicted octanol–water partition coefficient (Wildman–Crippen LogP) is 0.729. The molecule has 1 rings (SSSR count). The molecule has 0 aromatic heterocycles. The number of Topliss-reactive ketones (excluding diaryl/α,β-unsaturated/α-hetero) is 1. The third-order valence-corrected chi connectivity index (χ3v) is 3.07. The van der Waals surface area contributed by atoms with Gasteiger partial charge >= 0.3 is 0 Å². The molecule has 4 heteroatoms. The smallest absolute Gasteiger partial charge is 0.217 e. The number of hydrogen-bond donors (Lipinski definition) is 2. The van der Waals surface area contributed by atoms with Crippen LogP contribution in [0.4, 0.5) is 0 Å². The van der Waals surface area contributed by atoms with E-state index >= 15 is 0 Å². The average Bonchev–Trinajstić information content (AvgIpc) is 2.26. The van der Waals surface area contributed by atoms with E-state index in [2.05, 4.69) is 0 Å². The molecule has 1 amide bonds. The van der Waals surface area contributed by atoms with Gasteiger partial charge in [0.15, 0.2) is 5.78 Å². The van der Waals surface area contributed by atoms with Crippen LogP contribution in [-0.4, -0.2) is 17.7 Å². The molecule has 0 aliphatic heterocycles. The minimum absolute atomic E-state index is 0.121. The van der Waals surface area contributed by atoms with Crippen molar-refractivity contribution in [2.75, 3.05) is 0 Å². The summed E-state index contributed by atoms with van der Waals surface area (Å²) in [4.78, 5) is 22.4. The SMILES string of the molecule is NC(=O)CC[C@@H](N)C(=O)C1CCCCC1. The quantitative estimate of drug-likeness (QED) is 0.704. The Bertz CT molecular complexity index is 235. The second kappa shape index (κ2) is 5.85. The molecule has 0 bridgehead atoms. The zero-order valence-corrected chi connectivity index (χ0v) is 9.08. The Morgan fingerprint density at radius 1 is 1.20 bits per heavy atom. The third-order valence-electron chi connectivity index (χ3n) is 3.07. The fourth-order valence-electron chi connectivity index (χ4n) is 2.13. The van der Waals surface area contributed by atoms with E-state index in [9.17, 15) is 9.59 Å². The lowest BCUT2D eigenvalue weighted by Gasteiger charge is -2.23. The van der Waals surface area contributed by atoms with Crippen LogP contribution in [0.1, 0.15) is 44.9 Å². The molecule has 4 nitrogen and oxygen atoms in total. The van der Waals surface area contributed by atoms with Crippen molar-refractivity contribution in [1.82, 2.24) is 0 Å². The fraction of sp³-hybridized carbons (Fsp3) is 0.818. The van der Waals surface area contributed by atoms with Crippen LogP contribution in [0.2, 0.25) is 0 Å². The average molecular weight is 212 g/mol.